The molecule has 0 bridgehead atoms. The highest BCUT2D eigenvalue weighted by Gasteiger charge is 2.34. The molecule has 1 N–H and O–H groups in total. The summed E-state index contributed by atoms with van der Waals surface area (Å²) in [5.41, 5.74) is 2.59. The van der Waals surface area contributed by atoms with Crippen molar-refractivity contribution >= 4 is 39.0 Å². The second-order valence-corrected chi connectivity index (χ2v) is 14.3. The number of alkyl halides is 2. The van der Waals surface area contributed by atoms with Crippen LogP contribution in [0.15, 0.2) is 30.4 Å². The van der Waals surface area contributed by atoms with E-state index in [-0.39, 0.29) is 68.2 Å². The van der Waals surface area contributed by atoms with E-state index in [1.807, 2.05) is 17.9 Å². The van der Waals surface area contributed by atoms with Crippen molar-refractivity contribution in [1.82, 2.24) is 15.2 Å². The Morgan fingerprint density at radius 2 is 1.84 bits per heavy atom. The highest BCUT2D eigenvalue weighted by molar-refractivity contribution is 7.18. The summed E-state index contributed by atoms with van der Waals surface area (Å²) in [6.45, 7) is 10.9. The lowest BCUT2D eigenvalue weighted by atomic mass is 9.81. The number of aromatic nitrogens is 1. The largest absolute Gasteiger partial charge is 0.353 e. The third kappa shape index (κ3) is 9.74. The van der Waals surface area contributed by atoms with Crippen LogP contribution in [0.1, 0.15) is 108 Å². The average molecular weight is 630 g/mol. The molecule has 2 heterocycles. The molecule has 2 aromatic rings. The van der Waals surface area contributed by atoms with E-state index in [9.17, 15) is 23.2 Å². The molecule has 9 heteroatoms. The van der Waals surface area contributed by atoms with E-state index >= 15 is 0 Å². The van der Waals surface area contributed by atoms with Crippen LogP contribution in [-0.2, 0) is 20.8 Å². The summed E-state index contributed by atoms with van der Waals surface area (Å²) in [6, 6.07) is 6.12. The van der Waals surface area contributed by atoms with E-state index < -0.39 is 11.8 Å². The van der Waals surface area contributed by atoms with Gasteiger partial charge in [0.25, 0.3) is 5.92 Å². The van der Waals surface area contributed by atoms with Crippen LogP contribution in [0, 0.1) is 11.8 Å². The van der Waals surface area contributed by atoms with Gasteiger partial charge < -0.3 is 5.32 Å². The van der Waals surface area contributed by atoms with Crippen molar-refractivity contribution in [1.29, 1.82) is 0 Å². The number of ketones is 2. The predicted molar refractivity (Wildman–Crippen MR) is 173 cm³/mol. The van der Waals surface area contributed by atoms with E-state index in [1.54, 1.807) is 11.3 Å². The molecule has 2 atom stereocenters. The van der Waals surface area contributed by atoms with Crippen LogP contribution in [0.2, 0.25) is 0 Å². The minimum absolute atomic E-state index is 0.0459. The standard InChI is InChI=1S/C35H49F2N3O3S/c1-5-28(41)19-27(21-33-38-30-12-11-26(23(2)3)20-32(30)44-33)34(43)39-29(25-9-7-6-8-10-25)13-14-31(42)24(4)22-40-17-15-35(36,37)16-18-40/h11-12,20,23,25,27,29H,4-10,13-19,21-22H2,1-3H3,(H,39,43)/t27-,29+/m0/s1. The summed E-state index contributed by atoms with van der Waals surface area (Å²) in [4.78, 5) is 46.2. The summed E-state index contributed by atoms with van der Waals surface area (Å²) in [5, 5.41) is 4.14. The summed E-state index contributed by atoms with van der Waals surface area (Å²) < 4.78 is 28.2. The summed E-state index contributed by atoms with van der Waals surface area (Å²) in [6.07, 6.45) is 6.66. The Hall–Kier alpha value is -2.52. The molecule has 0 spiro atoms. The number of thiazole rings is 1. The molecule has 2 fully saturated rings. The summed E-state index contributed by atoms with van der Waals surface area (Å²) >= 11 is 1.59. The lowest BCUT2D eigenvalue weighted by Crippen LogP contribution is -2.45. The molecule has 1 aliphatic carbocycles. The van der Waals surface area contributed by atoms with Crippen LogP contribution in [0.4, 0.5) is 8.78 Å². The Balaban J connectivity index is 1.42. The zero-order chi connectivity index (χ0) is 31.9. The van der Waals surface area contributed by atoms with Gasteiger partial charge in [0.15, 0.2) is 5.78 Å². The Labute approximate surface area is 265 Å². The molecule has 6 nitrogen and oxygen atoms in total. The van der Waals surface area contributed by atoms with Gasteiger partial charge in [0, 0.05) is 69.8 Å². The number of hydrogen-bond donors (Lipinski definition) is 1. The molecule has 44 heavy (non-hydrogen) atoms. The summed E-state index contributed by atoms with van der Waals surface area (Å²) in [5.74, 6) is -2.65. The second-order valence-electron chi connectivity index (χ2n) is 13.2. The topological polar surface area (TPSA) is 79.4 Å². The first kappa shape index (κ1) is 34.4. The fraction of sp³-hybridized carbons (Fsp3) is 0.657. The molecule has 1 saturated carbocycles. The van der Waals surface area contributed by atoms with Crippen LogP contribution in [0.25, 0.3) is 10.2 Å². The molecule has 1 aromatic carbocycles. The van der Waals surface area contributed by atoms with E-state index in [1.165, 1.54) is 12.0 Å². The van der Waals surface area contributed by atoms with Gasteiger partial charge in [-0.25, -0.2) is 13.8 Å². The monoisotopic (exact) mass is 629 g/mol. The van der Waals surface area contributed by atoms with Gasteiger partial charge in [-0.1, -0.05) is 52.7 Å². The Kier molecular flexibility index (Phi) is 12.2. The first-order chi connectivity index (χ1) is 20.9. The van der Waals surface area contributed by atoms with Crippen LogP contribution < -0.4 is 5.32 Å². The first-order valence-corrected chi connectivity index (χ1v) is 17.3. The zero-order valence-corrected chi connectivity index (χ0v) is 27.5. The number of carbonyl (C=O) groups is 3. The Morgan fingerprint density at radius 1 is 1.14 bits per heavy atom. The predicted octanol–water partition coefficient (Wildman–Crippen LogP) is 7.65. The highest BCUT2D eigenvalue weighted by Crippen LogP contribution is 2.32. The molecule has 1 amide bonds. The number of likely N-dealkylation sites (tertiary alicyclic amines) is 1. The second kappa shape index (κ2) is 15.7. The van der Waals surface area contributed by atoms with Crippen molar-refractivity contribution in [2.45, 2.75) is 116 Å². The van der Waals surface area contributed by atoms with E-state index in [2.05, 4.69) is 37.9 Å². The maximum Gasteiger partial charge on any atom is 0.250 e. The smallest absolute Gasteiger partial charge is 0.250 e. The lowest BCUT2D eigenvalue weighted by molar-refractivity contribution is -0.130. The number of nitrogens with zero attached hydrogens (tertiary/aromatic N) is 2. The molecule has 1 aromatic heterocycles. The van der Waals surface area contributed by atoms with Crippen molar-refractivity contribution < 1.29 is 23.2 Å². The molecular formula is C35H49F2N3O3S. The molecule has 0 unspecified atom stereocenters. The Bertz CT molecular complexity index is 1310. The number of rotatable bonds is 15. The molecule has 4 rings (SSSR count). The van der Waals surface area contributed by atoms with Gasteiger partial charge in [0.2, 0.25) is 5.91 Å². The fourth-order valence-electron chi connectivity index (χ4n) is 6.45. The van der Waals surface area contributed by atoms with Gasteiger partial charge in [-0.3, -0.25) is 19.3 Å². The van der Waals surface area contributed by atoms with Crippen molar-refractivity contribution in [2.24, 2.45) is 11.8 Å². The maximum absolute atomic E-state index is 13.8. The van der Waals surface area contributed by atoms with Crippen molar-refractivity contribution in [2.75, 3.05) is 19.6 Å². The molecular weight excluding hydrogens is 580 g/mol. The minimum atomic E-state index is -2.63. The molecule has 1 saturated heterocycles. The number of amides is 1. The zero-order valence-electron chi connectivity index (χ0n) is 26.6. The fourth-order valence-corrected chi connectivity index (χ4v) is 7.54. The summed E-state index contributed by atoms with van der Waals surface area (Å²) in [7, 11) is 0. The van der Waals surface area contributed by atoms with Gasteiger partial charge in [-0.05, 0) is 48.8 Å². The van der Waals surface area contributed by atoms with E-state index in [0.29, 0.717) is 37.3 Å². The van der Waals surface area contributed by atoms with Gasteiger partial charge >= 0.3 is 0 Å². The number of halogens is 2. The van der Waals surface area contributed by atoms with Gasteiger partial charge in [-0.2, -0.15) is 0 Å². The van der Waals surface area contributed by atoms with Crippen LogP contribution >= 0.6 is 11.3 Å². The van der Waals surface area contributed by atoms with Crippen molar-refractivity contribution in [3.05, 3.63) is 40.9 Å². The maximum atomic E-state index is 13.8. The SMILES string of the molecule is C=C(CN1CCC(F)(F)CC1)C(=O)CC[C@@H](NC(=O)[C@@H](CC(=O)CC)Cc1nc2ccc(C(C)C)cc2s1)C1CCCCC1. The molecule has 0 radical (unpaired) electrons. The number of Topliss-reactive ketones (excluding diaryl/α,β-unsaturated/α-hetero) is 2. The minimum Gasteiger partial charge on any atom is -0.353 e. The van der Waals surface area contributed by atoms with E-state index in [0.717, 1.165) is 40.9 Å². The number of nitrogens with one attached hydrogen (secondary N) is 1. The van der Waals surface area contributed by atoms with E-state index in [4.69, 9.17) is 4.98 Å². The third-order valence-electron chi connectivity index (χ3n) is 9.41. The quantitative estimate of drug-likeness (QED) is 0.205. The van der Waals surface area contributed by atoms with Gasteiger partial charge in [0.05, 0.1) is 21.1 Å². The molecule has 1 aliphatic heterocycles. The molecule has 2 aliphatic rings. The van der Waals surface area contributed by atoms with Gasteiger partial charge in [0.1, 0.15) is 5.78 Å². The van der Waals surface area contributed by atoms with Crippen LogP contribution in [0.5, 0.6) is 0 Å². The van der Waals surface area contributed by atoms with Crippen molar-refractivity contribution in [3.63, 3.8) is 0 Å². The van der Waals surface area contributed by atoms with Gasteiger partial charge in [-0.15, -0.1) is 11.3 Å². The number of piperidine rings is 1. The normalized spacial score (nSPS) is 19.1. The highest BCUT2D eigenvalue weighted by atomic mass is 32.1. The number of hydrogen-bond acceptors (Lipinski definition) is 6. The van der Waals surface area contributed by atoms with Crippen molar-refractivity contribution in [3.8, 4) is 0 Å². The van der Waals surface area contributed by atoms with Crippen LogP contribution in [0.3, 0.4) is 0 Å². The van der Waals surface area contributed by atoms with Crippen LogP contribution in [-0.4, -0.2) is 59.0 Å². The Morgan fingerprint density at radius 3 is 2.50 bits per heavy atom. The lowest BCUT2D eigenvalue weighted by Gasteiger charge is -2.33. The third-order valence-corrected chi connectivity index (χ3v) is 10.4. The molecule has 242 valence electrons. The number of benzene rings is 1. The number of carbonyl (C=O) groups excluding carboxylic acids is 3. The average Bonchev–Trinajstić information content (AvgIpc) is 3.41. The number of fused-ring (bicyclic) bond motifs is 1. The first-order valence-electron chi connectivity index (χ1n) is 16.5.